The topological polar surface area (TPSA) is 89.3 Å². The Morgan fingerprint density at radius 1 is 1.39 bits per heavy atom. The van der Waals surface area contributed by atoms with Crippen LogP contribution in [0.25, 0.3) is 0 Å². The van der Waals surface area contributed by atoms with Crippen LogP contribution < -0.4 is 11.1 Å². The summed E-state index contributed by atoms with van der Waals surface area (Å²) in [6, 6.07) is -1.02. The van der Waals surface area contributed by atoms with Gasteiger partial charge in [-0.2, -0.15) is 13.2 Å². The molecule has 0 rings (SSSR count). The number of halogens is 3. The molecule has 1 amide bonds. The first kappa shape index (κ1) is 17.2. The Morgan fingerprint density at radius 3 is 2.39 bits per heavy atom. The Kier molecular flexibility index (Phi) is 6.61. The van der Waals surface area contributed by atoms with Gasteiger partial charge in [0.1, 0.15) is 9.84 Å². The van der Waals surface area contributed by atoms with Crippen LogP contribution >= 0.6 is 0 Å². The van der Waals surface area contributed by atoms with Gasteiger partial charge in [0.05, 0.1) is 11.8 Å². The number of alkyl halides is 3. The predicted octanol–water partition coefficient (Wildman–Crippen LogP) is 0.207. The highest BCUT2D eigenvalue weighted by atomic mass is 32.2. The van der Waals surface area contributed by atoms with Crippen molar-refractivity contribution in [2.24, 2.45) is 5.73 Å². The first-order valence-electron chi connectivity index (χ1n) is 5.29. The minimum atomic E-state index is -4.25. The molecule has 0 fully saturated rings. The second kappa shape index (κ2) is 6.93. The highest BCUT2D eigenvalue weighted by molar-refractivity contribution is 7.90. The number of amides is 1. The number of nitrogens with two attached hydrogens (primary N) is 1. The first-order chi connectivity index (χ1) is 8.01. The summed E-state index contributed by atoms with van der Waals surface area (Å²) in [5.74, 6) is -0.870. The van der Waals surface area contributed by atoms with Crippen LogP contribution in [0.15, 0.2) is 0 Å². The quantitative estimate of drug-likeness (QED) is 0.656. The van der Waals surface area contributed by atoms with Gasteiger partial charge in [-0.25, -0.2) is 8.42 Å². The maximum Gasteiger partial charge on any atom is 0.389 e. The van der Waals surface area contributed by atoms with Crippen LogP contribution in [0.2, 0.25) is 0 Å². The smallest absolute Gasteiger partial charge is 0.355 e. The van der Waals surface area contributed by atoms with E-state index < -0.39 is 34.4 Å². The lowest BCUT2D eigenvalue weighted by Gasteiger charge is -2.12. The van der Waals surface area contributed by atoms with E-state index in [0.717, 1.165) is 6.26 Å². The van der Waals surface area contributed by atoms with Gasteiger partial charge < -0.3 is 11.1 Å². The summed E-state index contributed by atoms with van der Waals surface area (Å²) in [4.78, 5) is 11.3. The highest BCUT2D eigenvalue weighted by Gasteiger charge is 2.26. The van der Waals surface area contributed by atoms with E-state index in [2.05, 4.69) is 5.32 Å². The summed E-state index contributed by atoms with van der Waals surface area (Å²) in [6.07, 6.45) is -4.49. The predicted molar refractivity (Wildman–Crippen MR) is 60.6 cm³/mol. The largest absolute Gasteiger partial charge is 0.389 e. The Labute approximate surface area is 104 Å². The van der Waals surface area contributed by atoms with E-state index in [0.29, 0.717) is 0 Å². The molecule has 18 heavy (non-hydrogen) atoms. The van der Waals surface area contributed by atoms with E-state index in [1.54, 1.807) is 0 Å². The van der Waals surface area contributed by atoms with Gasteiger partial charge in [-0.05, 0) is 12.8 Å². The van der Waals surface area contributed by atoms with Crippen molar-refractivity contribution in [1.82, 2.24) is 5.32 Å². The van der Waals surface area contributed by atoms with Crippen molar-refractivity contribution in [3.63, 3.8) is 0 Å². The maximum absolute atomic E-state index is 11.8. The fraction of sp³-hybridized carbons (Fsp3) is 0.889. The van der Waals surface area contributed by atoms with Crippen LogP contribution in [-0.2, 0) is 14.6 Å². The van der Waals surface area contributed by atoms with Crippen LogP contribution in [0.4, 0.5) is 13.2 Å². The third-order valence-electron chi connectivity index (χ3n) is 2.07. The van der Waals surface area contributed by atoms with Crippen molar-refractivity contribution in [1.29, 1.82) is 0 Å². The molecule has 108 valence electrons. The van der Waals surface area contributed by atoms with Crippen LogP contribution in [0, 0.1) is 0 Å². The molecular weight excluding hydrogens is 273 g/mol. The number of hydrogen-bond donors (Lipinski definition) is 2. The summed E-state index contributed by atoms with van der Waals surface area (Å²) < 4.78 is 57.0. The second-order valence-corrected chi connectivity index (χ2v) is 6.29. The highest BCUT2D eigenvalue weighted by Crippen LogP contribution is 2.20. The van der Waals surface area contributed by atoms with E-state index in [9.17, 15) is 26.4 Å². The lowest BCUT2D eigenvalue weighted by Crippen LogP contribution is -2.42. The van der Waals surface area contributed by atoms with E-state index in [1.807, 2.05) is 0 Å². The summed E-state index contributed by atoms with van der Waals surface area (Å²) in [5.41, 5.74) is 5.39. The fourth-order valence-corrected chi connectivity index (χ4v) is 1.79. The summed E-state index contributed by atoms with van der Waals surface area (Å²) in [7, 11) is -3.21. The molecular formula is C9H17F3N2O3S. The van der Waals surface area contributed by atoms with Crippen molar-refractivity contribution >= 4 is 15.7 Å². The number of sulfone groups is 1. The molecule has 0 aliphatic carbocycles. The van der Waals surface area contributed by atoms with Gasteiger partial charge in [-0.1, -0.05) is 0 Å². The molecule has 0 aliphatic rings. The van der Waals surface area contributed by atoms with Gasteiger partial charge >= 0.3 is 6.18 Å². The molecule has 0 aliphatic heterocycles. The summed E-state index contributed by atoms with van der Waals surface area (Å²) >= 11 is 0. The Bertz CT molecular complexity index is 368. The lowest BCUT2D eigenvalue weighted by molar-refractivity contribution is -0.136. The first-order valence-corrected chi connectivity index (χ1v) is 7.35. The van der Waals surface area contributed by atoms with Gasteiger partial charge in [-0.3, -0.25) is 4.79 Å². The average Bonchev–Trinajstić information content (AvgIpc) is 2.18. The Morgan fingerprint density at radius 2 is 1.94 bits per heavy atom. The van der Waals surface area contributed by atoms with Crippen molar-refractivity contribution in [2.45, 2.75) is 31.5 Å². The molecule has 1 unspecified atom stereocenters. The Hall–Kier alpha value is -0.830. The molecule has 0 radical (unpaired) electrons. The zero-order chi connectivity index (χ0) is 14.4. The lowest BCUT2D eigenvalue weighted by atomic mass is 10.2. The maximum atomic E-state index is 11.8. The van der Waals surface area contributed by atoms with E-state index in [-0.39, 0.29) is 25.1 Å². The van der Waals surface area contributed by atoms with E-state index >= 15 is 0 Å². The monoisotopic (exact) mass is 290 g/mol. The Balaban J connectivity index is 3.82. The van der Waals surface area contributed by atoms with Crippen LogP contribution in [0.3, 0.4) is 0 Å². The third kappa shape index (κ3) is 10.3. The molecule has 0 saturated carbocycles. The summed E-state index contributed by atoms with van der Waals surface area (Å²) in [5, 5.41) is 2.23. The minimum absolute atomic E-state index is 0.0516. The van der Waals surface area contributed by atoms with Crippen LogP contribution in [0.5, 0.6) is 0 Å². The molecule has 0 heterocycles. The molecule has 0 aromatic carbocycles. The van der Waals surface area contributed by atoms with Gasteiger partial charge in [0, 0.05) is 19.2 Å². The number of nitrogens with one attached hydrogen (secondary N) is 1. The molecule has 1 atom stereocenters. The molecule has 0 spiro atoms. The van der Waals surface area contributed by atoms with E-state index in [4.69, 9.17) is 5.73 Å². The standard InChI is InChI=1S/C9H17F3N2O3S/c1-18(16,17)6-3-7(13)8(15)14-5-2-4-9(10,11)12/h7H,2-6,13H2,1H3,(H,14,15). The number of rotatable bonds is 7. The number of carbonyl (C=O) groups is 1. The van der Waals surface area contributed by atoms with Gasteiger partial charge in [0.2, 0.25) is 5.91 Å². The number of hydrogen-bond acceptors (Lipinski definition) is 4. The third-order valence-corrected chi connectivity index (χ3v) is 3.05. The molecule has 5 nitrogen and oxygen atoms in total. The molecule has 3 N–H and O–H groups in total. The SMILES string of the molecule is CS(=O)(=O)CCC(N)C(=O)NCCCC(F)(F)F. The number of carbonyl (C=O) groups excluding carboxylic acids is 1. The molecule has 0 aromatic heterocycles. The van der Waals surface area contributed by atoms with Crippen molar-refractivity contribution in [2.75, 3.05) is 18.6 Å². The molecule has 0 aromatic rings. The van der Waals surface area contributed by atoms with Crippen LogP contribution in [-0.4, -0.2) is 45.1 Å². The fourth-order valence-electron chi connectivity index (χ4n) is 1.10. The van der Waals surface area contributed by atoms with Crippen molar-refractivity contribution in [3.8, 4) is 0 Å². The molecule has 0 saturated heterocycles. The zero-order valence-corrected chi connectivity index (χ0v) is 10.8. The van der Waals surface area contributed by atoms with Crippen LogP contribution in [0.1, 0.15) is 19.3 Å². The summed E-state index contributed by atoms with van der Waals surface area (Å²) in [6.45, 7) is -0.134. The minimum Gasteiger partial charge on any atom is -0.355 e. The van der Waals surface area contributed by atoms with Gasteiger partial charge in [0.15, 0.2) is 0 Å². The molecule has 9 heteroatoms. The van der Waals surface area contributed by atoms with Crippen molar-refractivity contribution in [3.05, 3.63) is 0 Å². The van der Waals surface area contributed by atoms with Gasteiger partial charge in [0.25, 0.3) is 0 Å². The second-order valence-electron chi connectivity index (χ2n) is 4.03. The average molecular weight is 290 g/mol. The van der Waals surface area contributed by atoms with Crippen molar-refractivity contribution < 1.29 is 26.4 Å². The van der Waals surface area contributed by atoms with Gasteiger partial charge in [-0.15, -0.1) is 0 Å². The van der Waals surface area contributed by atoms with E-state index in [1.165, 1.54) is 0 Å². The molecule has 0 bridgehead atoms. The zero-order valence-electron chi connectivity index (χ0n) is 9.96. The normalized spacial score (nSPS) is 14.3.